The summed E-state index contributed by atoms with van der Waals surface area (Å²) in [7, 11) is 3.41. The molecule has 6 atom stereocenters. The number of H-pyrrole nitrogens is 1. The number of carbonyl (C=O) groups excluding carboxylic acids is 6. The molecule has 20 nitrogen and oxygen atoms in total. The van der Waals surface area contributed by atoms with Gasteiger partial charge in [0.1, 0.15) is 17.9 Å². The topological polar surface area (TPSA) is 250 Å². The number of hydrogen-bond donors (Lipinski definition) is 7. The van der Waals surface area contributed by atoms with Crippen LogP contribution in [0.2, 0.25) is 0 Å². The van der Waals surface area contributed by atoms with Gasteiger partial charge in [-0.2, -0.15) is 0 Å². The minimum atomic E-state index is -0.777. The molecule has 2 saturated heterocycles. The maximum Gasteiger partial charge on any atom is 0.246 e. The summed E-state index contributed by atoms with van der Waals surface area (Å²) in [6, 6.07) is 15.9. The van der Waals surface area contributed by atoms with Crippen LogP contribution in [0.3, 0.4) is 0 Å². The zero-order chi connectivity index (χ0) is 55.7. The molecule has 1 aromatic heterocycles. The Balaban J connectivity index is 1.19. The van der Waals surface area contributed by atoms with Gasteiger partial charge in [0.05, 0.1) is 36.5 Å². The summed E-state index contributed by atoms with van der Waals surface area (Å²) in [6.45, 7) is 17.0. The van der Waals surface area contributed by atoms with Crippen LogP contribution in [0.25, 0.3) is 5.69 Å². The summed E-state index contributed by atoms with van der Waals surface area (Å²) in [5, 5.41) is 29.6. The van der Waals surface area contributed by atoms with E-state index in [1.807, 2.05) is 105 Å². The molecule has 2 aromatic carbocycles. The smallest absolute Gasteiger partial charge is 0.246 e. The van der Waals surface area contributed by atoms with Gasteiger partial charge in [-0.1, -0.05) is 104 Å². The highest BCUT2D eigenvalue weighted by atomic mass is 16.2. The second kappa shape index (κ2) is 28.3. The van der Waals surface area contributed by atoms with Gasteiger partial charge >= 0.3 is 0 Å². The number of para-hydroxylation sites is 2. The second-order valence-corrected chi connectivity index (χ2v) is 22.9. The van der Waals surface area contributed by atoms with Gasteiger partial charge in [0.25, 0.3) is 0 Å². The van der Waals surface area contributed by atoms with E-state index in [0.717, 1.165) is 50.6 Å². The number of aromatic amines is 1. The van der Waals surface area contributed by atoms with Crippen molar-refractivity contribution in [3.8, 4) is 5.69 Å². The standard InChI is InChI=1S/C56H90N14O6/c1-39(59-9)51(73)61-49(55(3,4)5)53(75)67-33-23-29-43(67)35-65(37-45(57)69(58)41-25-17-15-18-26-41)47(71)31-21-13-11-12-14-22-32-48(72)66(38-46-63-64-70(46)42-27-19-16-20-28-42)36-44-30-24-34-68(44)54(76)50(56(6,7)8)62-52(74)40(2)60-10/h15-20,25-28,39-40,43-44,49-50,57,59-60,64H,11-14,21-24,29-38,58H2,1-10H3,(H,61,73)(H,62,74)/t39-,40-,43-,44-,49+,50+/m0/s1. The Morgan fingerprint density at radius 3 is 1.55 bits per heavy atom. The third kappa shape index (κ3) is 16.9. The fraction of sp³-hybridized carbons (Fsp3) is 0.643. The highest BCUT2D eigenvalue weighted by Gasteiger charge is 2.43. The van der Waals surface area contributed by atoms with E-state index >= 15 is 0 Å². The molecule has 2 fully saturated rings. The summed E-state index contributed by atoms with van der Waals surface area (Å²) in [5.41, 5.74) is 0.395. The van der Waals surface area contributed by atoms with E-state index in [2.05, 4.69) is 31.6 Å². The van der Waals surface area contributed by atoms with Gasteiger partial charge in [0.15, 0.2) is 5.82 Å². The lowest BCUT2D eigenvalue weighted by atomic mass is 9.85. The third-order valence-corrected chi connectivity index (χ3v) is 14.9. The van der Waals surface area contributed by atoms with Crippen LogP contribution in [0.5, 0.6) is 0 Å². The molecule has 0 bridgehead atoms. The van der Waals surface area contributed by atoms with Crippen molar-refractivity contribution in [2.24, 2.45) is 16.7 Å². The van der Waals surface area contributed by atoms with Crippen LogP contribution in [0.15, 0.2) is 60.7 Å². The van der Waals surface area contributed by atoms with Crippen LogP contribution in [-0.4, -0.2) is 159 Å². The fourth-order valence-corrected chi connectivity index (χ4v) is 9.88. The zero-order valence-corrected chi connectivity index (χ0v) is 47.1. The van der Waals surface area contributed by atoms with E-state index in [9.17, 15) is 28.8 Å². The van der Waals surface area contributed by atoms with Gasteiger partial charge < -0.3 is 40.9 Å². The van der Waals surface area contributed by atoms with E-state index in [1.165, 1.54) is 5.01 Å². The number of aromatic nitrogens is 3. The summed E-state index contributed by atoms with van der Waals surface area (Å²) in [4.78, 5) is 90.2. The molecule has 0 saturated carbocycles. The van der Waals surface area contributed by atoms with Crippen molar-refractivity contribution in [2.45, 2.75) is 175 Å². The average Bonchev–Trinajstić information content (AvgIpc) is 4.06. The molecule has 0 spiro atoms. The number of hydrazine groups is 1. The summed E-state index contributed by atoms with van der Waals surface area (Å²) in [5.74, 6) is 6.16. The first-order valence-corrected chi connectivity index (χ1v) is 27.5. The van der Waals surface area contributed by atoms with E-state index in [0.29, 0.717) is 56.8 Å². The van der Waals surface area contributed by atoms with Crippen LogP contribution in [0.4, 0.5) is 5.69 Å². The molecule has 0 radical (unpaired) electrons. The molecule has 76 heavy (non-hydrogen) atoms. The number of nitrogens with two attached hydrogens (primary N) is 1. The summed E-state index contributed by atoms with van der Waals surface area (Å²) < 4.78 is 1.86. The Morgan fingerprint density at radius 2 is 1.12 bits per heavy atom. The molecular formula is C56H90N14O6. The van der Waals surface area contributed by atoms with Gasteiger partial charge in [-0.3, -0.25) is 39.2 Å². The number of carbonyl (C=O) groups is 6. The van der Waals surface area contributed by atoms with Crippen molar-refractivity contribution >= 4 is 47.0 Å². The molecule has 5 rings (SSSR count). The van der Waals surface area contributed by atoms with Crippen LogP contribution in [0.1, 0.15) is 138 Å². The Kier molecular flexibility index (Phi) is 22.6. The molecular weight excluding hydrogens is 965 g/mol. The Bertz CT molecular complexity index is 2360. The first-order chi connectivity index (χ1) is 36.0. The summed E-state index contributed by atoms with van der Waals surface area (Å²) >= 11 is 0. The zero-order valence-electron chi connectivity index (χ0n) is 47.1. The first kappa shape index (κ1) is 60.7. The van der Waals surface area contributed by atoms with Crippen LogP contribution in [-0.2, 0) is 35.3 Å². The predicted octanol–water partition coefficient (Wildman–Crippen LogP) is 5.10. The lowest BCUT2D eigenvalue weighted by molar-refractivity contribution is -0.142. The van der Waals surface area contributed by atoms with Crippen molar-refractivity contribution in [2.75, 3.05) is 51.8 Å². The number of hydrogen-bond acceptors (Lipinski definition) is 11. The molecule has 6 amide bonds. The highest BCUT2D eigenvalue weighted by Crippen LogP contribution is 2.29. The number of amides is 6. The van der Waals surface area contributed by atoms with Crippen molar-refractivity contribution in [3.63, 3.8) is 0 Å². The highest BCUT2D eigenvalue weighted by molar-refractivity contribution is 5.98. The number of nitrogens with one attached hydrogen (secondary N) is 6. The lowest BCUT2D eigenvalue weighted by Crippen LogP contribution is -2.59. The fourth-order valence-electron chi connectivity index (χ4n) is 9.88. The molecule has 2 aliphatic heterocycles. The maximum atomic E-state index is 14.3. The van der Waals surface area contributed by atoms with E-state index in [1.54, 1.807) is 49.9 Å². The largest absolute Gasteiger partial charge is 0.342 e. The van der Waals surface area contributed by atoms with Crippen molar-refractivity contribution < 1.29 is 28.8 Å². The Labute approximate surface area is 451 Å². The number of unbranched alkanes of at least 4 members (excludes halogenated alkanes) is 5. The van der Waals surface area contributed by atoms with E-state index in [4.69, 9.17) is 11.3 Å². The number of likely N-dealkylation sites (tertiary alicyclic amines) is 2. The Morgan fingerprint density at radius 1 is 0.684 bits per heavy atom. The number of rotatable bonds is 27. The molecule has 0 unspecified atom stereocenters. The minimum Gasteiger partial charge on any atom is -0.342 e. The molecule has 20 heteroatoms. The molecule has 420 valence electrons. The lowest BCUT2D eigenvalue weighted by Gasteiger charge is -2.38. The predicted molar refractivity (Wildman–Crippen MR) is 297 cm³/mol. The van der Waals surface area contributed by atoms with Crippen LogP contribution >= 0.6 is 0 Å². The van der Waals surface area contributed by atoms with Crippen molar-refractivity contribution in [1.82, 2.24) is 55.9 Å². The minimum absolute atomic E-state index is 0.0189. The molecule has 3 aromatic rings. The van der Waals surface area contributed by atoms with Gasteiger partial charge in [-0.15, -0.1) is 5.10 Å². The molecule has 0 aliphatic carbocycles. The first-order valence-electron chi connectivity index (χ1n) is 27.5. The van der Waals surface area contributed by atoms with Crippen molar-refractivity contribution in [1.29, 1.82) is 5.41 Å². The second-order valence-electron chi connectivity index (χ2n) is 22.9. The van der Waals surface area contributed by atoms with E-state index in [-0.39, 0.29) is 79.4 Å². The average molecular weight is 1060 g/mol. The monoisotopic (exact) mass is 1050 g/mol. The SMILES string of the molecule is CN[C@@H](C)C(=O)N[C@H](C(=O)N1CCC[C@H]1CN(CC(=N)N(N)c1ccccc1)C(=O)CCCCCCCCC(=O)N(Cc1n[nH]n1-c1ccccc1)C[C@@H]1CCCN1C(=O)[C@@H](NC(=O)[C@H](C)NC)C(C)(C)C)C(C)(C)C. The number of nitrogens with zero attached hydrogens (tertiary/aromatic N) is 7. The number of anilines is 1. The van der Waals surface area contributed by atoms with Gasteiger partial charge in [0, 0.05) is 51.1 Å². The number of likely N-dealkylation sites (N-methyl/N-ethyl adjacent to an activating group) is 2. The van der Waals surface area contributed by atoms with Crippen molar-refractivity contribution in [3.05, 3.63) is 66.5 Å². The Hall–Kier alpha value is -6.12. The van der Waals surface area contributed by atoms with Crippen LogP contribution in [0, 0.1) is 16.2 Å². The molecule has 2 aliphatic rings. The van der Waals surface area contributed by atoms with Gasteiger partial charge in [-0.05, 0) is 102 Å². The van der Waals surface area contributed by atoms with Crippen LogP contribution < -0.4 is 32.1 Å². The van der Waals surface area contributed by atoms with Gasteiger partial charge in [0.2, 0.25) is 35.4 Å². The normalized spacial score (nSPS) is 17.4. The van der Waals surface area contributed by atoms with Gasteiger partial charge in [-0.25, -0.2) is 15.7 Å². The number of amidine groups is 1. The number of benzene rings is 2. The quantitative estimate of drug-likeness (QED) is 0.0174. The maximum absolute atomic E-state index is 14.3. The summed E-state index contributed by atoms with van der Waals surface area (Å²) in [6.07, 6.45) is 8.22. The molecule has 8 N–H and O–H groups in total. The van der Waals surface area contributed by atoms with E-state index < -0.39 is 35.0 Å². The molecule has 3 heterocycles. The third-order valence-electron chi connectivity index (χ3n) is 14.9.